The second-order valence-electron chi connectivity index (χ2n) is 7.39. The van der Waals surface area contributed by atoms with E-state index in [9.17, 15) is 13.2 Å². The summed E-state index contributed by atoms with van der Waals surface area (Å²) in [6.07, 6.45) is 2.45. The van der Waals surface area contributed by atoms with Crippen LogP contribution in [-0.2, 0) is 26.9 Å². The molecule has 3 aromatic rings. The summed E-state index contributed by atoms with van der Waals surface area (Å²) in [4.78, 5) is 14.7. The molecule has 7 heteroatoms. The average molecular weight is 414 g/mol. The lowest BCUT2D eigenvalue weighted by Gasteiger charge is -2.10. The minimum Gasteiger partial charge on any atom is -0.355 e. The molecule has 1 aromatic heterocycles. The standard InChI is InChI=1S/C22H27N3O3S/c1-24(2)14-8-13-23-22(26)16-25-15-21(19-11-6-7-12-20(19)25)29(27,28)17-18-9-4-3-5-10-18/h3-7,9-12,15H,8,13-14,16-17H2,1-2H3,(H,23,26). The van der Waals surface area contributed by atoms with Crippen LogP contribution >= 0.6 is 0 Å². The third kappa shape index (κ3) is 5.46. The first-order chi connectivity index (χ1) is 13.9. The number of hydrogen-bond acceptors (Lipinski definition) is 4. The summed E-state index contributed by atoms with van der Waals surface area (Å²) in [6.45, 7) is 1.58. The summed E-state index contributed by atoms with van der Waals surface area (Å²) in [5.74, 6) is -0.199. The minimum absolute atomic E-state index is 0.0709. The Bertz CT molecular complexity index is 1070. The quantitative estimate of drug-likeness (QED) is 0.548. The van der Waals surface area contributed by atoms with Crippen molar-refractivity contribution in [3.8, 4) is 0 Å². The molecule has 1 heterocycles. The molecule has 6 nitrogen and oxygen atoms in total. The topological polar surface area (TPSA) is 71.4 Å². The van der Waals surface area contributed by atoms with E-state index in [0.717, 1.165) is 24.0 Å². The predicted molar refractivity (Wildman–Crippen MR) is 115 cm³/mol. The van der Waals surface area contributed by atoms with Gasteiger partial charge < -0.3 is 14.8 Å². The number of aromatic nitrogens is 1. The molecule has 0 radical (unpaired) electrons. The third-order valence-electron chi connectivity index (χ3n) is 4.70. The van der Waals surface area contributed by atoms with Gasteiger partial charge in [-0.25, -0.2) is 8.42 Å². The summed E-state index contributed by atoms with van der Waals surface area (Å²) in [7, 11) is 0.439. The van der Waals surface area contributed by atoms with Crippen molar-refractivity contribution in [1.29, 1.82) is 0 Å². The summed E-state index contributed by atoms with van der Waals surface area (Å²) in [5.41, 5.74) is 1.48. The van der Waals surface area contributed by atoms with E-state index in [2.05, 4.69) is 10.2 Å². The van der Waals surface area contributed by atoms with Gasteiger partial charge in [0.15, 0.2) is 9.84 Å². The first-order valence-electron chi connectivity index (χ1n) is 9.63. The van der Waals surface area contributed by atoms with Crippen molar-refractivity contribution in [2.45, 2.75) is 23.6 Å². The SMILES string of the molecule is CN(C)CCCNC(=O)Cn1cc(S(=O)(=O)Cc2ccccc2)c2ccccc21. The largest absolute Gasteiger partial charge is 0.355 e. The van der Waals surface area contributed by atoms with Crippen molar-refractivity contribution in [3.05, 3.63) is 66.4 Å². The van der Waals surface area contributed by atoms with Crippen LogP contribution < -0.4 is 5.32 Å². The molecule has 154 valence electrons. The molecule has 0 aliphatic rings. The maximum absolute atomic E-state index is 13.1. The van der Waals surface area contributed by atoms with Gasteiger partial charge in [-0.15, -0.1) is 0 Å². The van der Waals surface area contributed by atoms with E-state index in [-0.39, 0.29) is 23.1 Å². The van der Waals surface area contributed by atoms with Gasteiger partial charge in [0.2, 0.25) is 5.91 Å². The number of fused-ring (bicyclic) bond motifs is 1. The Kier molecular flexibility index (Phi) is 6.71. The molecule has 0 atom stereocenters. The number of sulfone groups is 1. The summed E-state index contributed by atoms with van der Waals surface area (Å²) in [6, 6.07) is 16.4. The second kappa shape index (κ2) is 9.24. The summed E-state index contributed by atoms with van der Waals surface area (Å²) in [5, 5.41) is 3.55. The number of benzene rings is 2. The number of carbonyl (C=O) groups excluding carboxylic acids is 1. The van der Waals surface area contributed by atoms with Crippen LogP contribution in [0.2, 0.25) is 0 Å². The van der Waals surface area contributed by atoms with Crippen LogP contribution in [0.15, 0.2) is 65.7 Å². The Hall–Kier alpha value is -2.64. The predicted octanol–water partition coefficient (Wildman–Crippen LogP) is 2.68. The van der Waals surface area contributed by atoms with Crippen molar-refractivity contribution in [3.63, 3.8) is 0 Å². The highest BCUT2D eigenvalue weighted by Gasteiger charge is 2.22. The highest BCUT2D eigenvalue weighted by atomic mass is 32.2. The van der Waals surface area contributed by atoms with Crippen molar-refractivity contribution in [1.82, 2.24) is 14.8 Å². The Morgan fingerprint density at radius 3 is 2.45 bits per heavy atom. The van der Waals surface area contributed by atoms with Crippen LogP contribution in [0, 0.1) is 0 Å². The maximum Gasteiger partial charge on any atom is 0.239 e. The number of rotatable bonds is 9. The Balaban J connectivity index is 1.81. The summed E-state index contributed by atoms with van der Waals surface area (Å²) < 4.78 is 27.9. The molecule has 0 bridgehead atoms. The molecule has 2 aromatic carbocycles. The van der Waals surface area contributed by atoms with Crippen LogP contribution in [0.4, 0.5) is 0 Å². The van der Waals surface area contributed by atoms with Crippen molar-refractivity contribution >= 4 is 26.6 Å². The van der Waals surface area contributed by atoms with Gasteiger partial charge >= 0.3 is 0 Å². The van der Waals surface area contributed by atoms with Crippen molar-refractivity contribution in [2.75, 3.05) is 27.2 Å². The molecule has 29 heavy (non-hydrogen) atoms. The van der Waals surface area contributed by atoms with Gasteiger partial charge in [-0.3, -0.25) is 4.79 Å². The van der Waals surface area contributed by atoms with E-state index in [1.807, 2.05) is 50.5 Å². The Morgan fingerprint density at radius 1 is 1.03 bits per heavy atom. The molecule has 0 fully saturated rings. The molecular weight excluding hydrogens is 386 g/mol. The number of para-hydroxylation sites is 1. The van der Waals surface area contributed by atoms with E-state index in [1.54, 1.807) is 29.0 Å². The van der Waals surface area contributed by atoms with Crippen LogP contribution in [0.3, 0.4) is 0 Å². The highest BCUT2D eigenvalue weighted by Crippen LogP contribution is 2.28. The molecule has 3 rings (SSSR count). The maximum atomic E-state index is 13.1. The first kappa shape index (κ1) is 21.1. The molecule has 0 aliphatic carbocycles. The monoisotopic (exact) mass is 413 g/mol. The second-order valence-corrected chi connectivity index (χ2v) is 9.35. The van der Waals surface area contributed by atoms with Crippen LogP contribution in [0.25, 0.3) is 10.9 Å². The lowest BCUT2D eigenvalue weighted by Crippen LogP contribution is -2.30. The number of carbonyl (C=O) groups is 1. The number of nitrogens with zero attached hydrogens (tertiary/aromatic N) is 2. The van der Waals surface area contributed by atoms with Gasteiger partial charge in [0.1, 0.15) is 6.54 Å². The van der Waals surface area contributed by atoms with E-state index >= 15 is 0 Å². The van der Waals surface area contributed by atoms with Crippen molar-refractivity contribution < 1.29 is 13.2 Å². The molecule has 0 saturated heterocycles. The van der Waals surface area contributed by atoms with Crippen molar-refractivity contribution in [2.24, 2.45) is 0 Å². The average Bonchev–Trinajstić information content (AvgIpc) is 3.05. The zero-order chi connectivity index (χ0) is 20.9. The van der Waals surface area contributed by atoms with Gasteiger partial charge in [-0.1, -0.05) is 48.5 Å². The fraction of sp³-hybridized carbons (Fsp3) is 0.318. The molecule has 0 unspecified atom stereocenters. The zero-order valence-corrected chi connectivity index (χ0v) is 17.7. The third-order valence-corrected chi connectivity index (χ3v) is 6.41. The number of nitrogens with one attached hydrogen (secondary N) is 1. The normalized spacial score (nSPS) is 11.8. The smallest absolute Gasteiger partial charge is 0.239 e. The fourth-order valence-corrected chi connectivity index (χ4v) is 4.88. The van der Waals surface area contributed by atoms with Gasteiger partial charge in [0.05, 0.1) is 10.6 Å². The van der Waals surface area contributed by atoms with E-state index in [4.69, 9.17) is 0 Å². The Morgan fingerprint density at radius 2 is 1.72 bits per heavy atom. The Labute approximate surface area is 172 Å². The highest BCUT2D eigenvalue weighted by molar-refractivity contribution is 7.90. The molecule has 0 aliphatic heterocycles. The van der Waals surface area contributed by atoms with Crippen LogP contribution in [-0.4, -0.2) is 51.0 Å². The molecule has 0 saturated carbocycles. The molecule has 1 amide bonds. The van der Waals surface area contributed by atoms with E-state index < -0.39 is 9.84 Å². The van der Waals surface area contributed by atoms with Crippen LogP contribution in [0.1, 0.15) is 12.0 Å². The van der Waals surface area contributed by atoms with Gasteiger partial charge in [-0.05, 0) is 38.7 Å². The fourth-order valence-electron chi connectivity index (χ4n) is 3.30. The first-order valence-corrected chi connectivity index (χ1v) is 11.3. The minimum atomic E-state index is -3.54. The van der Waals surface area contributed by atoms with Gasteiger partial charge in [-0.2, -0.15) is 0 Å². The zero-order valence-electron chi connectivity index (χ0n) is 16.8. The van der Waals surface area contributed by atoms with E-state index in [1.165, 1.54) is 0 Å². The van der Waals surface area contributed by atoms with Gasteiger partial charge in [0.25, 0.3) is 0 Å². The molecule has 0 spiro atoms. The molecular formula is C22H27N3O3S. The van der Waals surface area contributed by atoms with E-state index in [0.29, 0.717) is 11.9 Å². The van der Waals surface area contributed by atoms with Crippen LogP contribution in [0.5, 0.6) is 0 Å². The lowest BCUT2D eigenvalue weighted by molar-refractivity contribution is -0.121. The number of amides is 1. The lowest BCUT2D eigenvalue weighted by atomic mass is 10.2. The summed E-state index contributed by atoms with van der Waals surface area (Å²) >= 11 is 0. The number of hydrogen-bond donors (Lipinski definition) is 1. The van der Waals surface area contributed by atoms with Gasteiger partial charge in [0, 0.05) is 23.6 Å². The molecule has 1 N–H and O–H groups in total.